The van der Waals surface area contributed by atoms with E-state index in [-0.39, 0.29) is 0 Å². The van der Waals surface area contributed by atoms with Crippen LogP contribution in [-0.4, -0.2) is 42.4 Å². The van der Waals surface area contributed by atoms with E-state index in [4.69, 9.17) is 4.74 Å². The number of nitrogens with zero attached hydrogens (tertiary/aromatic N) is 1. The van der Waals surface area contributed by atoms with Gasteiger partial charge in [0.1, 0.15) is 0 Å². The van der Waals surface area contributed by atoms with Gasteiger partial charge in [0.25, 0.3) is 0 Å². The lowest BCUT2D eigenvalue weighted by Crippen LogP contribution is -2.34. The molecule has 1 heterocycles. The molecule has 3 heteroatoms. The quantitative estimate of drug-likeness (QED) is 0.874. The summed E-state index contributed by atoms with van der Waals surface area (Å²) in [5, 5.41) is 10.1. The molecule has 0 radical (unpaired) electrons. The van der Waals surface area contributed by atoms with Crippen LogP contribution in [0.15, 0.2) is 30.3 Å². The molecule has 2 unspecified atom stereocenters. The predicted octanol–water partition coefficient (Wildman–Crippen LogP) is 2.93. The van der Waals surface area contributed by atoms with Crippen molar-refractivity contribution >= 4 is 0 Å². The van der Waals surface area contributed by atoms with Gasteiger partial charge in [-0.05, 0) is 29.9 Å². The topological polar surface area (TPSA) is 32.7 Å². The second-order valence-electron chi connectivity index (χ2n) is 7.27. The molecule has 2 atom stereocenters. The van der Waals surface area contributed by atoms with Crippen molar-refractivity contribution in [1.82, 2.24) is 4.90 Å². The number of ether oxygens (including phenoxy) is 1. The highest BCUT2D eigenvalue weighted by atomic mass is 16.5. The molecule has 2 rings (SSSR count). The number of aliphatic hydroxyl groups excluding tert-OH is 1. The first-order valence-corrected chi connectivity index (χ1v) is 7.97. The van der Waals surface area contributed by atoms with Gasteiger partial charge in [-0.3, -0.25) is 0 Å². The Morgan fingerprint density at radius 2 is 2.00 bits per heavy atom. The SMILES string of the molecule is CC(C)(C)C1CCN(CC(O)COCc2ccccc2)C1. The number of β-amino-alcohol motifs (C(OH)–C–C–N with tert-alkyl or cyclic N) is 1. The van der Waals surface area contributed by atoms with E-state index in [1.54, 1.807) is 0 Å². The van der Waals surface area contributed by atoms with Gasteiger partial charge in [-0.25, -0.2) is 0 Å². The van der Waals surface area contributed by atoms with Gasteiger partial charge in [-0.2, -0.15) is 0 Å². The van der Waals surface area contributed by atoms with Crippen LogP contribution in [0.5, 0.6) is 0 Å². The standard InChI is InChI=1S/C18H29NO2/c1-18(2,3)16-9-10-19(11-16)12-17(20)14-21-13-15-7-5-4-6-8-15/h4-8,16-17,20H,9-14H2,1-3H3. The zero-order chi connectivity index (χ0) is 15.3. The molecule has 1 aromatic carbocycles. The number of hydrogen-bond acceptors (Lipinski definition) is 3. The van der Waals surface area contributed by atoms with Crippen LogP contribution in [-0.2, 0) is 11.3 Å². The lowest BCUT2D eigenvalue weighted by atomic mass is 9.80. The third kappa shape index (κ3) is 5.42. The van der Waals surface area contributed by atoms with E-state index >= 15 is 0 Å². The van der Waals surface area contributed by atoms with Crippen LogP contribution in [0.2, 0.25) is 0 Å². The number of rotatable bonds is 6. The molecule has 1 saturated heterocycles. The molecule has 0 spiro atoms. The van der Waals surface area contributed by atoms with Gasteiger partial charge < -0.3 is 14.7 Å². The lowest BCUT2D eigenvalue weighted by Gasteiger charge is -2.27. The number of likely N-dealkylation sites (tertiary alicyclic amines) is 1. The van der Waals surface area contributed by atoms with Crippen LogP contribution in [0.1, 0.15) is 32.8 Å². The third-order valence-electron chi connectivity index (χ3n) is 4.39. The Morgan fingerprint density at radius 3 is 2.62 bits per heavy atom. The van der Waals surface area contributed by atoms with Crippen LogP contribution in [0.4, 0.5) is 0 Å². The third-order valence-corrected chi connectivity index (χ3v) is 4.39. The van der Waals surface area contributed by atoms with E-state index in [9.17, 15) is 5.11 Å². The average Bonchev–Trinajstić information content (AvgIpc) is 2.88. The molecular weight excluding hydrogens is 262 g/mol. The summed E-state index contributed by atoms with van der Waals surface area (Å²) in [5.41, 5.74) is 1.52. The molecule has 1 fully saturated rings. The minimum Gasteiger partial charge on any atom is -0.389 e. The maximum absolute atomic E-state index is 10.1. The summed E-state index contributed by atoms with van der Waals surface area (Å²) in [5.74, 6) is 0.731. The normalized spacial score (nSPS) is 21.6. The Hall–Kier alpha value is -0.900. The summed E-state index contributed by atoms with van der Waals surface area (Å²) in [7, 11) is 0. The summed E-state index contributed by atoms with van der Waals surface area (Å²) >= 11 is 0. The van der Waals surface area contributed by atoms with Gasteiger partial charge in [-0.15, -0.1) is 0 Å². The minimum atomic E-state index is -0.396. The smallest absolute Gasteiger partial charge is 0.0900 e. The van der Waals surface area contributed by atoms with Crippen LogP contribution in [0.3, 0.4) is 0 Å². The minimum absolute atomic E-state index is 0.365. The fourth-order valence-corrected chi connectivity index (χ4v) is 2.94. The molecular formula is C18H29NO2. The van der Waals surface area contributed by atoms with Crippen LogP contribution in [0.25, 0.3) is 0 Å². The highest BCUT2D eigenvalue weighted by Crippen LogP contribution is 2.33. The van der Waals surface area contributed by atoms with Gasteiger partial charge in [0.2, 0.25) is 0 Å². The summed E-state index contributed by atoms with van der Waals surface area (Å²) in [6.45, 7) is 10.8. The highest BCUT2D eigenvalue weighted by molar-refractivity contribution is 5.13. The fourth-order valence-electron chi connectivity index (χ4n) is 2.94. The maximum Gasteiger partial charge on any atom is 0.0900 e. The van der Waals surface area contributed by atoms with Crippen molar-refractivity contribution in [3.8, 4) is 0 Å². The van der Waals surface area contributed by atoms with Gasteiger partial charge >= 0.3 is 0 Å². The van der Waals surface area contributed by atoms with Crippen molar-refractivity contribution in [3.63, 3.8) is 0 Å². The second-order valence-corrected chi connectivity index (χ2v) is 7.27. The van der Waals surface area contributed by atoms with E-state index < -0.39 is 6.10 Å². The number of hydrogen-bond donors (Lipinski definition) is 1. The molecule has 0 aliphatic carbocycles. The molecule has 118 valence electrons. The molecule has 1 aliphatic rings. The van der Waals surface area contributed by atoms with Crippen molar-refractivity contribution < 1.29 is 9.84 Å². The van der Waals surface area contributed by atoms with E-state index in [2.05, 4.69) is 25.7 Å². The Kier molecular flexibility index (Phi) is 5.80. The van der Waals surface area contributed by atoms with Gasteiger partial charge in [0.05, 0.1) is 19.3 Å². The summed E-state index contributed by atoms with van der Waals surface area (Å²) < 4.78 is 5.61. The Balaban J connectivity index is 1.65. The van der Waals surface area contributed by atoms with Crippen molar-refractivity contribution in [3.05, 3.63) is 35.9 Å². The van der Waals surface area contributed by atoms with Crippen LogP contribution < -0.4 is 0 Å². The Morgan fingerprint density at radius 1 is 1.29 bits per heavy atom. The maximum atomic E-state index is 10.1. The molecule has 3 nitrogen and oxygen atoms in total. The van der Waals surface area contributed by atoms with E-state index in [0.29, 0.717) is 18.6 Å². The van der Waals surface area contributed by atoms with Crippen molar-refractivity contribution in [1.29, 1.82) is 0 Å². The first-order valence-electron chi connectivity index (χ1n) is 7.97. The van der Waals surface area contributed by atoms with E-state index in [0.717, 1.165) is 31.1 Å². The monoisotopic (exact) mass is 291 g/mol. The van der Waals surface area contributed by atoms with Crippen molar-refractivity contribution in [2.75, 3.05) is 26.2 Å². The van der Waals surface area contributed by atoms with Crippen molar-refractivity contribution in [2.45, 2.75) is 39.9 Å². The van der Waals surface area contributed by atoms with E-state index in [1.165, 1.54) is 6.42 Å². The summed E-state index contributed by atoms with van der Waals surface area (Å²) in [6, 6.07) is 10.1. The molecule has 0 saturated carbocycles. The van der Waals surface area contributed by atoms with E-state index in [1.807, 2.05) is 30.3 Å². The molecule has 0 aromatic heterocycles. The molecule has 0 bridgehead atoms. The molecule has 0 amide bonds. The van der Waals surface area contributed by atoms with Crippen LogP contribution >= 0.6 is 0 Å². The average molecular weight is 291 g/mol. The number of benzene rings is 1. The summed E-state index contributed by atoms with van der Waals surface area (Å²) in [6.07, 6.45) is 0.841. The fraction of sp³-hybridized carbons (Fsp3) is 0.667. The Bertz CT molecular complexity index is 413. The van der Waals surface area contributed by atoms with Gasteiger partial charge in [-0.1, -0.05) is 51.1 Å². The largest absolute Gasteiger partial charge is 0.389 e. The highest BCUT2D eigenvalue weighted by Gasteiger charge is 2.32. The molecule has 21 heavy (non-hydrogen) atoms. The lowest BCUT2D eigenvalue weighted by molar-refractivity contribution is 0.0121. The Labute approximate surface area is 128 Å². The van der Waals surface area contributed by atoms with Crippen molar-refractivity contribution in [2.24, 2.45) is 11.3 Å². The zero-order valence-corrected chi connectivity index (χ0v) is 13.6. The predicted molar refractivity (Wildman–Crippen MR) is 86.1 cm³/mol. The van der Waals surface area contributed by atoms with Crippen LogP contribution in [0, 0.1) is 11.3 Å². The van der Waals surface area contributed by atoms with Gasteiger partial charge in [0.15, 0.2) is 0 Å². The molecule has 1 aromatic rings. The number of aliphatic hydroxyl groups is 1. The first-order chi connectivity index (χ1) is 9.95. The molecule has 1 aliphatic heterocycles. The summed E-state index contributed by atoms with van der Waals surface area (Å²) in [4.78, 5) is 2.37. The molecule has 1 N–H and O–H groups in total. The first kappa shape index (κ1) is 16.5. The zero-order valence-electron chi connectivity index (χ0n) is 13.6. The second kappa shape index (κ2) is 7.39. The van der Waals surface area contributed by atoms with Gasteiger partial charge in [0, 0.05) is 13.1 Å².